The maximum absolute atomic E-state index is 12.2. The molecule has 0 spiro atoms. The number of fused-ring (bicyclic) bond motifs is 1. The third-order valence-electron chi connectivity index (χ3n) is 3.26. The lowest BCUT2D eigenvalue weighted by Crippen LogP contribution is -2.35. The number of nitrogens with zero attached hydrogens (tertiary/aromatic N) is 1. The second kappa shape index (κ2) is 6.36. The van der Waals surface area contributed by atoms with E-state index in [4.69, 9.17) is 4.74 Å². The maximum atomic E-state index is 12.2. The monoisotopic (exact) mass is 261 g/mol. The number of aryl methyl sites for hydroxylation is 1. The van der Waals surface area contributed by atoms with Crippen molar-refractivity contribution in [2.75, 3.05) is 18.1 Å². The fraction of sp³-hybridized carbons (Fsp3) is 0.467. The van der Waals surface area contributed by atoms with Gasteiger partial charge in [0.15, 0.2) is 0 Å². The lowest BCUT2D eigenvalue weighted by atomic mass is 10.0. The Bertz CT molecular complexity index is 470. The average molecular weight is 261 g/mol. The van der Waals surface area contributed by atoms with Gasteiger partial charge in [-0.3, -0.25) is 9.59 Å². The van der Waals surface area contributed by atoms with E-state index in [1.165, 1.54) is 5.56 Å². The molecule has 0 aromatic heterocycles. The SMILES string of the molecule is CCOC(=O)CCC(=O)N1CCCc2ccccc21. The summed E-state index contributed by atoms with van der Waals surface area (Å²) in [5, 5.41) is 0. The standard InChI is InChI=1S/C15H19NO3/c1-2-19-15(18)10-9-14(17)16-11-5-7-12-6-3-4-8-13(12)16/h3-4,6,8H,2,5,7,9-11H2,1H3. The molecular formula is C15H19NO3. The van der Waals surface area contributed by atoms with E-state index in [2.05, 4.69) is 6.07 Å². The largest absolute Gasteiger partial charge is 0.466 e. The Morgan fingerprint density at radius 2 is 2.05 bits per heavy atom. The minimum atomic E-state index is -0.304. The Kier molecular flexibility index (Phi) is 4.55. The van der Waals surface area contributed by atoms with Crippen LogP contribution in [0.5, 0.6) is 0 Å². The molecular weight excluding hydrogens is 242 g/mol. The van der Waals surface area contributed by atoms with Crippen molar-refractivity contribution < 1.29 is 14.3 Å². The summed E-state index contributed by atoms with van der Waals surface area (Å²) in [6.07, 6.45) is 2.36. The van der Waals surface area contributed by atoms with E-state index in [0.29, 0.717) is 6.61 Å². The molecule has 4 nitrogen and oxygen atoms in total. The number of amides is 1. The number of para-hydroxylation sites is 1. The number of esters is 1. The van der Waals surface area contributed by atoms with Crippen molar-refractivity contribution in [3.63, 3.8) is 0 Å². The molecule has 1 aliphatic rings. The van der Waals surface area contributed by atoms with Gasteiger partial charge in [0.25, 0.3) is 0 Å². The zero-order valence-corrected chi connectivity index (χ0v) is 11.2. The number of anilines is 1. The van der Waals surface area contributed by atoms with Gasteiger partial charge in [-0.15, -0.1) is 0 Å². The second-order valence-corrected chi connectivity index (χ2v) is 4.58. The summed E-state index contributed by atoms with van der Waals surface area (Å²) in [7, 11) is 0. The van der Waals surface area contributed by atoms with E-state index in [-0.39, 0.29) is 24.7 Å². The Morgan fingerprint density at radius 1 is 1.26 bits per heavy atom. The number of benzene rings is 1. The van der Waals surface area contributed by atoms with Crippen LogP contribution >= 0.6 is 0 Å². The highest BCUT2D eigenvalue weighted by Gasteiger charge is 2.22. The van der Waals surface area contributed by atoms with Gasteiger partial charge in [-0.25, -0.2) is 0 Å². The van der Waals surface area contributed by atoms with Crippen LogP contribution in [0, 0.1) is 0 Å². The van der Waals surface area contributed by atoms with E-state index < -0.39 is 0 Å². The van der Waals surface area contributed by atoms with Crippen LogP contribution in [0.4, 0.5) is 5.69 Å². The third-order valence-corrected chi connectivity index (χ3v) is 3.26. The van der Waals surface area contributed by atoms with Crippen LogP contribution < -0.4 is 4.90 Å². The molecule has 0 unspecified atom stereocenters. The summed E-state index contributed by atoms with van der Waals surface area (Å²) in [4.78, 5) is 25.3. The number of carbonyl (C=O) groups is 2. The molecule has 0 aliphatic carbocycles. The molecule has 1 aromatic carbocycles. The third kappa shape index (κ3) is 3.34. The molecule has 1 aliphatic heterocycles. The molecule has 0 radical (unpaired) electrons. The first-order chi connectivity index (χ1) is 9.22. The first-order valence-electron chi connectivity index (χ1n) is 6.76. The zero-order chi connectivity index (χ0) is 13.7. The number of rotatable bonds is 4. The quantitative estimate of drug-likeness (QED) is 0.781. The van der Waals surface area contributed by atoms with Crippen LogP contribution in [0.15, 0.2) is 24.3 Å². The first kappa shape index (κ1) is 13.6. The summed E-state index contributed by atoms with van der Waals surface area (Å²) in [6.45, 7) is 2.86. The molecule has 0 saturated heterocycles. The number of ether oxygens (including phenoxy) is 1. The van der Waals surface area contributed by atoms with Crippen LogP contribution in [-0.2, 0) is 20.7 Å². The smallest absolute Gasteiger partial charge is 0.306 e. The van der Waals surface area contributed by atoms with Crippen LogP contribution in [0.1, 0.15) is 31.7 Å². The van der Waals surface area contributed by atoms with Crippen molar-refractivity contribution >= 4 is 17.6 Å². The van der Waals surface area contributed by atoms with Crippen molar-refractivity contribution in [3.05, 3.63) is 29.8 Å². The van der Waals surface area contributed by atoms with Crippen molar-refractivity contribution in [1.82, 2.24) is 0 Å². The highest BCUT2D eigenvalue weighted by Crippen LogP contribution is 2.27. The molecule has 19 heavy (non-hydrogen) atoms. The lowest BCUT2D eigenvalue weighted by Gasteiger charge is -2.29. The minimum absolute atomic E-state index is 0.000188. The van der Waals surface area contributed by atoms with Gasteiger partial charge in [0.05, 0.1) is 13.0 Å². The molecule has 1 aromatic rings. The summed E-state index contributed by atoms with van der Waals surface area (Å²) < 4.78 is 4.84. The molecule has 2 rings (SSSR count). The van der Waals surface area contributed by atoms with Gasteiger partial charge in [0.2, 0.25) is 5.91 Å². The zero-order valence-electron chi connectivity index (χ0n) is 11.2. The van der Waals surface area contributed by atoms with Crippen LogP contribution in [-0.4, -0.2) is 25.0 Å². The maximum Gasteiger partial charge on any atom is 0.306 e. The molecule has 0 atom stereocenters. The lowest BCUT2D eigenvalue weighted by molar-refractivity contribution is -0.144. The molecule has 4 heteroatoms. The molecule has 102 valence electrons. The predicted molar refractivity (Wildman–Crippen MR) is 73.0 cm³/mol. The van der Waals surface area contributed by atoms with Crippen LogP contribution in [0.3, 0.4) is 0 Å². The van der Waals surface area contributed by atoms with Gasteiger partial charge < -0.3 is 9.64 Å². The topological polar surface area (TPSA) is 46.6 Å². The van der Waals surface area contributed by atoms with Crippen molar-refractivity contribution in [2.45, 2.75) is 32.6 Å². The Morgan fingerprint density at radius 3 is 2.84 bits per heavy atom. The number of hydrogen-bond donors (Lipinski definition) is 0. The van der Waals surface area contributed by atoms with Gasteiger partial charge >= 0.3 is 5.97 Å². The number of hydrogen-bond acceptors (Lipinski definition) is 3. The molecule has 0 N–H and O–H groups in total. The predicted octanol–water partition coefficient (Wildman–Crippen LogP) is 2.31. The molecule has 1 heterocycles. The van der Waals surface area contributed by atoms with Gasteiger partial charge in [-0.1, -0.05) is 18.2 Å². The summed E-state index contributed by atoms with van der Waals surface area (Å²) in [6, 6.07) is 7.96. The van der Waals surface area contributed by atoms with Crippen molar-refractivity contribution in [2.24, 2.45) is 0 Å². The molecule has 0 saturated carbocycles. The highest BCUT2D eigenvalue weighted by molar-refractivity contribution is 5.96. The van der Waals surface area contributed by atoms with Crippen LogP contribution in [0.25, 0.3) is 0 Å². The minimum Gasteiger partial charge on any atom is -0.466 e. The van der Waals surface area contributed by atoms with Crippen molar-refractivity contribution in [1.29, 1.82) is 0 Å². The summed E-state index contributed by atoms with van der Waals surface area (Å²) >= 11 is 0. The number of carbonyl (C=O) groups excluding carboxylic acids is 2. The van der Waals surface area contributed by atoms with Gasteiger partial charge in [0.1, 0.15) is 0 Å². The molecule has 0 bridgehead atoms. The summed E-state index contributed by atoms with van der Waals surface area (Å²) in [5.41, 5.74) is 2.20. The van der Waals surface area contributed by atoms with E-state index in [9.17, 15) is 9.59 Å². The molecule has 1 amide bonds. The van der Waals surface area contributed by atoms with E-state index >= 15 is 0 Å². The Labute approximate surface area is 113 Å². The first-order valence-corrected chi connectivity index (χ1v) is 6.76. The van der Waals surface area contributed by atoms with Crippen molar-refractivity contribution in [3.8, 4) is 0 Å². The summed E-state index contributed by atoms with van der Waals surface area (Å²) in [5.74, 6) is -0.304. The molecule has 0 fully saturated rings. The van der Waals surface area contributed by atoms with E-state index in [1.807, 2.05) is 18.2 Å². The fourth-order valence-electron chi connectivity index (χ4n) is 2.37. The highest BCUT2D eigenvalue weighted by atomic mass is 16.5. The second-order valence-electron chi connectivity index (χ2n) is 4.58. The van der Waals surface area contributed by atoms with Gasteiger partial charge in [-0.05, 0) is 31.4 Å². The Balaban J connectivity index is 1.99. The van der Waals surface area contributed by atoms with E-state index in [0.717, 1.165) is 25.1 Å². The van der Waals surface area contributed by atoms with Gasteiger partial charge in [0, 0.05) is 18.7 Å². The van der Waals surface area contributed by atoms with Gasteiger partial charge in [-0.2, -0.15) is 0 Å². The van der Waals surface area contributed by atoms with Crippen LogP contribution in [0.2, 0.25) is 0 Å². The average Bonchev–Trinajstić information content (AvgIpc) is 2.44. The fourth-order valence-corrected chi connectivity index (χ4v) is 2.37. The van der Waals surface area contributed by atoms with E-state index in [1.54, 1.807) is 11.8 Å². The normalized spacial score (nSPS) is 13.8. The Hall–Kier alpha value is -1.84.